The fourth-order valence-electron chi connectivity index (χ4n) is 2.84. The number of hydrogen-bond donors (Lipinski definition) is 2. The van der Waals surface area contributed by atoms with E-state index >= 15 is 0 Å². The summed E-state index contributed by atoms with van der Waals surface area (Å²) in [5.74, 6) is 0.0533. The van der Waals surface area contributed by atoms with Crippen molar-refractivity contribution in [3.63, 3.8) is 0 Å². The fraction of sp³-hybridized carbons (Fsp3) is 0.588. The normalized spacial score (nSPS) is 20.8. The maximum Gasteiger partial charge on any atom is 0.188 e. The molecule has 2 unspecified atom stereocenters. The van der Waals surface area contributed by atoms with Crippen LogP contribution < -0.4 is 11.1 Å². The van der Waals surface area contributed by atoms with Crippen molar-refractivity contribution in [2.45, 2.75) is 32.4 Å². The van der Waals surface area contributed by atoms with Gasteiger partial charge >= 0.3 is 0 Å². The van der Waals surface area contributed by atoms with Gasteiger partial charge in [-0.2, -0.15) is 0 Å². The number of nitrogens with one attached hydrogen (secondary N) is 1. The lowest BCUT2D eigenvalue weighted by atomic mass is 10.0. The van der Waals surface area contributed by atoms with Crippen molar-refractivity contribution in [2.75, 3.05) is 32.8 Å². The van der Waals surface area contributed by atoms with Crippen LogP contribution in [0.2, 0.25) is 5.02 Å². The van der Waals surface area contributed by atoms with E-state index in [-0.39, 0.29) is 18.0 Å². The molecule has 0 radical (unpaired) electrons. The Balaban J connectivity index is 2.24. The van der Waals surface area contributed by atoms with Crippen LogP contribution in [0.1, 0.15) is 31.9 Å². The molecule has 1 saturated heterocycles. The van der Waals surface area contributed by atoms with E-state index in [4.69, 9.17) is 22.1 Å². The summed E-state index contributed by atoms with van der Waals surface area (Å²) < 4.78 is 20.0. The molecule has 134 valence electrons. The highest BCUT2D eigenvalue weighted by Gasteiger charge is 2.29. The zero-order valence-corrected chi connectivity index (χ0v) is 15.0. The van der Waals surface area contributed by atoms with E-state index in [1.165, 1.54) is 6.07 Å². The molecule has 7 heteroatoms. The Bertz CT molecular complexity index is 549. The van der Waals surface area contributed by atoms with E-state index in [1.807, 2.05) is 6.92 Å². The molecule has 1 fully saturated rings. The molecular formula is C17H26ClFN4O. The minimum absolute atomic E-state index is 0.0892. The van der Waals surface area contributed by atoms with Crippen molar-refractivity contribution in [3.8, 4) is 0 Å². The lowest BCUT2D eigenvalue weighted by Gasteiger charge is -2.37. The Hall–Kier alpha value is -1.37. The van der Waals surface area contributed by atoms with Gasteiger partial charge in [0.05, 0.1) is 25.3 Å². The molecule has 0 saturated carbocycles. The van der Waals surface area contributed by atoms with Crippen molar-refractivity contribution in [1.29, 1.82) is 0 Å². The first-order chi connectivity index (χ1) is 11.5. The molecule has 2 rings (SSSR count). The molecule has 0 aromatic heterocycles. The summed E-state index contributed by atoms with van der Waals surface area (Å²) >= 11 is 6.29. The van der Waals surface area contributed by atoms with Crippen molar-refractivity contribution < 1.29 is 9.13 Å². The van der Waals surface area contributed by atoms with Gasteiger partial charge in [-0.15, -0.1) is 0 Å². The molecule has 1 aromatic rings. The highest BCUT2D eigenvalue weighted by molar-refractivity contribution is 6.31. The number of benzene rings is 1. The van der Waals surface area contributed by atoms with Crippen LogP contribution in [0, 0.1) is 5.82 Å². The second-order valence-corrected chi connectivity index (χ2v) is 6.39. The first-order valence-electron chi connectivity index (χ1n) is 8.36. The van der Waals surface area contributed by atoms with E-state index in [0.29, 0.717) is 42.8 Å². The topological polar surface area (TPSA) is 62.9 Å². The third-order valence-corrected chi connectivity index (χ3v) is 4.37. The Morgan fingerprint density at radius 2 is 2.38 bits per heavy atom. The van der Waals surface area contributed by atoms with Crippen LogP contribution in [0.3, 0.4) is 0 Å². The Kier molecular flexibility index (Phi) is 7.27. The Labute approximate surface area is 148 Å². The van der Waals surface area contributed by atoms with E-state index in [2.05, 4.69) is 22.1 Å². The van der Waals surface area contributed by atoms with Gasteiger partial charge in [-0.3, -0.25) is 9.89 Å². The van der Waals surface area contributed by atoms with Gasteiger partial charge in [0.2, 0.25) is 0 Å². The molecule has 1 aromatic carbocycles. The third-order valence-electron chi connectivity index (χ3n) is 4.04. The van der Waals surface area contributed by atoms with Crippen LogP contribution in [0.5, 0.6) is 0 Å². The summed E-state index contributed by atoms with van der Waals surface area (Å²) in [6.07, 6.45) is 1.05. The second-order valence-electron chi connectivity index (χ2n) is 5.98. The molecular weight excluding hydrogens is 331 g/mol. The van der Waals surface area contributed by atoms with Crippen LogP contribution >= 0.6 is 11.6 Å². The monoisotopic (exact) mass is 356 g/mol. The molecule has 0 amide bonds. The van der Waals surface area contributed by atoms with Crippen LogP contribution in [0.4, 0.5) is 4.39 Å². The molecule has 1 aliphatic rings. The van der Waals surface area contributed by atoms with Gasteiger partial charge in [0, 0.05) is 30.2 Å². The van der Waals surface area contributed by atoms with E-state index in [9.17, 15) is 4.39 Å². The largest absolute Gasteiger partial charge is 0.376 e. The van der Waals surface area contributed by atoms with Gasteiger partial charge in [-0.05, 0) is 25.5 Å². The van der Waals surface area contributed by atoms with E-state index < -0.39 is 0 Å². The molecule has 3 N–H and O–H groups in total. The maximum absolute atomic E-state index is 14.4. The van der Waals surface area contributed by atoms with Gasteiger partial charge in [0.25, 0.3) is 0 Å². The summed E-state index contributed by atoms with van der Waals surface area (Å²) in [5, 5.41) is 3.45. The minimum atomic E-state index is -0.318. The summed E-state index contributed by atoms with van der Waals surface area (Å²) in [7, 11) is 0. The number of nitrogens with two attached hydrogens (primary N) is 1. The number of nitrogens with zero attached hydrogens (tertiary/aromatic N) is 2. The summed E-state index contributed by atoms with van der Waals surface area (Å²) in [6, 6.07) is 4.48. The minimum Gasteiger partial charge on any atom is -0.376 e. The molecule has 0 spiro atoms. The predicted molar refractivity (Wildman–Crippen MR) is 95.9 cm³/mol. The molecule has 1 heterocycles. The molecule has 24 heavy (non-hydrogen) atoms. The number of guanidine groups is 1. The Morgan fingerprint density at radius 3 is 3.04 bits per heavy atom. The van der Waals surface area contributed by atoms with E-state index in [1.54, 1.807) is 12.1 Å². The molecule has 5 nitrogen and oxygen atoms in total. The average molecular weight is 357 g/mol. The van der Waals surface area contributed by atoms with Crippen LogP contribution in [0.15, 0.2) is 23.2 Å². The van der Waals surface area contributed by atoms with Crippen molar-refractivity contribution in [2.24, 2.45) is 10.7 Å². The molecule has 2 atom stereocenters. The third kappa shape index (κ3) is 5.06. The van der Waals surface area contributed by atoms with Gasteiger partial charge in [0.15, 0.2) is 5.96 Å². The SMILES string of the molecule is CCCNC(N)=NCC(c1c(F)cccc1Cl)N1CCOC(C)C1. The highest BCUT2D eigenvalue weighted by Crippen LogP contribution is 2.31. The van der Waals surface area contributed by atoms with Gasteiger partial charge in [0.1, 0.15) is 5.82 Å². The lowest BCUT2D eigenvalue weighted by molar-refractivity contribution is -0.0336. The van der Waals surface area contributed by atoms with E-state index in [0.717, 1.165) is 13.0 Å². The number of rotatable bonds is 6. The van der Waals surface area contributed by atoms with Crippen LogP contribution in [-0.4, -0.2) is 49.7 Å². The predicted octanol–water partition coefficient (Wildman–Crippen LogP) is 2.56. The second kappa shape index (κ2) is 9.20. The first-order valence-corrected chi connectivity index (χ1v) is 8.74. The van der Waals surface area contributed by atoms with Gasteiger partial charge < -0.3 is 15.8 Å². The van der Waals surface area contributed by atoms with Crippen molar-refractivity contribution in [3.05, 3.63) is 34.6 Å². The maximum atomic E-state index is 14.4. The lowest BCUT2D eigenvalue weighted by Crippen LogP contribution is -2.44. The number of aliphatic imine (C=N–C) groups is 1. The molecule has 0 bridgehead atoms. The van der Waals surface area contributed by atoms with Gasteiger partial charge in [-0.25, -0.2) is 4.39 Å². The number of hydrogen-bond acceptors (Lipinski definition) is 3. The Morgan fingerprint density at radius 1 is 1.58 bits per heavy atom. The number of ether oxygens (including phenoxy) is 1. The standard InChI is InChI=1S/C17H26ClFN4O/c1-3-7-21-17(20)22-10-15(23-8-9-24-12(2)11-23)16-13(18)5-4-6-14(16)19/h4-6,12,15H,3,7-11H2,1-2H3,(H3,20,21,22). The quantitative estimate of drug-likeness (QED) is 0.607. The fourth-order valence-corrected chi connectivity index (χ4v) is 3.13. The van der Waals surface area contributed by atoms with Gasteiger partial charge in [-0.1, -0.05) is 24.6 Å². The first kappa shape index (κ1) is 19.0. The summed E-state index contributed by atoms with van der Waals surface area (Å²) in [6.45, 7) is 7.18. The molecule has 1 aliphatic heterocycles. The number of halogens is 2. The zero-order chi connectivity index (χ0) is 17.5. The van der Waals surface area contributed by atoms with Crippen molar-refractivity contribution >= 4 is 17.6 Å². The average Bonchev–Trinajstić information content (AvgIpc) is 2.55. The number of morpholine rings is 1. The van der Waals surface area contributed by atoms with Crippen LogP contribution in [0.25, 0.3) is 0 Å². The van der Waals surface area contributed by atoms with Crippen molar-refractivity contribution in [1.82, 2.24) is 10.2 Å². The smallest absolute Gasteiger partial charge is 0.188 e. The summed E-state index contributed by atoms with van der Waals surface area (Å²) in [5.41, 5.74) is 6.36. The summed E-state index contributed by atoms with van der Waals surface area (Å²) in [4.78, 5) is 6.56. The zero-order valence-electron chi connectivity index (χ0n) is 14.3. The van der Waals surface area contributed by atoms with Crippen LogP contribution in [-0.2, 0) is 4.74 Å². The molecule has 0 aliphatic carbocycles. The highest BCUT2D eigenvalue weighted by atomic mass is 35.5.